The van der Waals surface area contributed by atoms with Crippen molar-refractivity contribution in [2.24, 2.45) is 0 Å². The summed E-state index contributed by atoms with van der Waals surface area (Å²) in [4.78, 5) is 35.5. The van der Waals surface area contributed by atoms with Crippen molar-refractivity contribution in [3.63, 3.8) is 0 Å². The first-order chi connectivity index (χ1) is 13.6. The topological polar surface area (TPSA) is 114 Å². The zero-order valence-corrected chi connectivity index (χ0v) is 17.0. The molecule has 0 bridgehead atoms. The molecular weight excluding hydrogens is 376 g/mol. The van der Waals surface area contributed by atoms with Gasteiger partial charge < -0.3 is 19.9 Å². The third kappa shape index (κ3) is 7.85. The van der Waals surface area contributed by atoms with Crippen LogP contribution in [0.25, 0.3) is 0 Å². The number of nitrogens with one attached hydrogen (secondary N) is 2. The molecule has 2 amide bonds. The van der Waals surface area contributed by atoms with Crippen LogP contribution < -0.4 is 10.6 Å². The number of benzene rings is 1. The predicted octanol–water partition coefficient (Wildman–Crippen LogP) is 3.72. The normalized spacial score (nSPS) is 16.5. The quantitative estimate of drug-likeness (QED) is 0.645. The molecule has 0 spiro atoms. The Kier molecular flexibility index (Phi) is 7.64. The molecule has 1 saturated carbocycles. The fourth-order valence-electron chi connectivity index (χ4n) is 2.99. The Labute approximate surface area is 170 Å². The summed E-state index contributed by atoms with van der Waals surface area (Å²) in [5, 5.41) is 14.6. The molecular formula is C21H28N2O6. The highest BCUT2D eigenvalue weighted by Gasteiger charge is 2.26. The molecule has 1 aromatic rings. The molecule has 1 aliphatic rings. The molecule has 29 heavy (non-hydrogen) atoms. The third-order valence-electron chi connectivity index (χ3n) is 4.32. The third-order valence-corrected chi connectivity index (χ3v) is 4.32. The molecule has 3 N–H and O–H groups in total. The molecule has 1 aromatic carbocycles. The Hall–Kier alpha value is -3.03. The summed E-state index contributed by atoms with van der Waals surface area (Å²) in [6.45, 7) is 5.42. The predicted molar refractivity (Wildman–Crippen MR) is 106 cm³/mol. The van der Waals surface area contributed by atoms with Gasteiger partial charge in [-0.1, -0.05) is 30.3 Å². The van der Waals surface area contributed by atoms with Gasteiger partial charge in [-0.25, -0.2) is 14.4 Å². The molecule has 0 radical (unpaired) electrons. The summed E-state index contributed by atoms with van der Waals surface area (Å²) in [6.07, 6.45) is 0.712. The Morgan fingerprint density at radius 2 is 1.69 bits per heavy atom. The Morgan fingerprint density at radius 3 is 2.24 bits per heavy atom. The van der Waals surface area contributed by atoms with Crippen molar-refractivity contribution < 1.29 is 29.0 Å². The molecule has 8 nitrogen and oxygen atoms in total. The van der Waals surface area contributed by atoms with Gasteiger partial charge in [0.1, 0.15) is 17.9 Å². The molecule has 0 saturated heterocycles. The van der Waals surface area contributed by atoms with Crippen molar-refractivity contribution in [3.8, 4) is 0 Å². The first kappa shape index (κ1) is 22.3. The number of carboxylic acids is 1. The second kappa shape index (κ2) is 9.95. The van der Waals surface area contributed by atoms with Crippen molar-refractivity contribution in [1.29, 1.82) is 0 Å². The summed E-state index contributed by atoms with van der Waals surface area (Å²) in [7, 11) is 0. The molecule has 0 atom stereocenters. The SMILES string of the molecule is CC(C)(C)OC(=O)NC1CCC(=C(NC(=O)OCc2ccccc2)C(=O)O)CC1. The van der Waals surface area contributed by atoms with E-state index in [1.54, 1.807) is 20.8 Å². The maximum absolute atomic E-state index is 12.0. The molecule has 158 valence electrons. The van der Waals surface area contributed by atoms with E-state index in [0.717, 1.165) is 5.56 Å². The van der Waals surface area contributed by atoms with Crippen molar-refractivity contribution in [3.05, 3.63) is 47.2 Å². The Balaban J connectivity index is 1.89. The number of hydrogen-bond acceptors (Lipinski definition) is 5. The lowest BCUT2D eigenvalue weighted by molar-refractivity contribution is -0.133. The van der Waals surface area contributed by atoms with Gasteiger partial charge in [0, 0.05) is 6.04 Å². The number of alkyl carbamates (subject to hydrolysis) is 2. The van der Waals surface area contributed by atoms with Crippen molar-refractivity contribution in [1.82, 2.24) is 10.6 Å². The lowest BCUT2D eigenvalue weighted by Crippen LogP contribution is -2.40. The van der Waals surface area contributed by atoms with Crippen molar-refractivity contribution in [2.45, 2.75) is 64.7 Å². The van der Waals surface area contributed by atoms with E-state index in [4.69, 9.17) is 9.47 Å². The van der Waals surface area contributed by atoms with Crippen LogP contribution in [0.15, 0.2) is 41.6 Å². The van der Waals surface area contributed by atoms with Crippen molar-refractivity contribution in [2.75, 3.05) is 0 Å². The average Bonchev–Trinajstić information content (AvgIpc) is 2.64. The van der Waals surface area contributed by atoms with Crippen LogP contribution in [0.3, 0.4) is 0 Å². The number of aliphatic carboxylic acids is 1. The minimum atomic E-state index is -1.21. The van der Waals surface area contributed by atoms with Gasteiger partial charge in [-0.15, -0.1) is 0 Å². The summed E-state index contributed by atoms with van der Waals surface area (Å²) in [5.41, 5.74) is 0.695. The minimum Gasteiger partial charge on any atom is -0.477 e. The zero-order valence-electron chi connectivity index (χ0n) is 17.0. The zero-order chi connectivity index (χ0) is 21.4. The number of carboxylic acid groups (broad SMARTS) is 1. The van der Waals surface area contributed by atoms with Gasteiger partial charge in [-0.3, -0.25) is 5.32 Å². The lowest BCUT2D eigenvalue weighted by Gasteiger charge is -2.27. The van der Waals surface area contributed by atoms with Gasteiger partial charge in [0.2, 0.25) is 0 Å². The maximum atomic E-state index is 12.0. The first-order valence-corrected chi connectivity index (χ1v) is 9.56. The van der Waals surface area contributed by atoms with E-state index in [2.05, 4.69) is 10.6 Å². The fourth-order valence-corrected chi connectivity index (χ4v) is 2.99. The highest BCUT2D eigenvalue weighted by Crippen LogP contribution is 2.26. The smallest absolute Gasteiger partial charge is 0.412 e. The van der Waals surface area contributed by atoms with Crippen LogP contribution in [0.4, 0.5) is 9.59 Å². The number of allylic oxidation sites excluding steroid dienone is 1. The number of carbonyl (C=O) groups is 3. The second-order valence-corrected chi connectivity index (χ2v) is 7.89. The van der Waals surface area contributed by atoms with Crippen LogP contribution in [0.5, 0.6) is 0 Å². The monoisotopic (exact) mass is 404 g/mol. The van der Waals surface area contributed by atoms with Crippen LogP contribution in [0, 0.1) is 0 Å². The number of ether oxygens (including phenoxy) is 2. The van der Waals surface area contributed by atoms with Gasteiger partial charge in [-0.05, 0) is 57.6 Å². The van der Waals surface area contributed by atoms with Crippen LogP contribution in [0.1, 0.15) is 52.0 Å². The van der Waals surface area contributed by atoms with Crippen LogP contribution in [-0.4, -0.2) is 34.9 Å². The summed E-state index contributed by atoms with van der Waals surface area (Å²) in [5.74, 6) is -1.21. The number of carbonyl (C=O) groups excluding carboxylic acids is 2. The Morgan fingerprint density at radius 1 is 1.07 bits per heavy atom. The number of hydrogen-bond donors (Lipinski definition) is 3. The molecule has 0 heterocycles. The molecule has 1 fully saturated rings. The van der Waals surface area contributed by atoms with Crippen LogP contribution in [-0.2, 0) is 20.9 Å². The van der Waals surface area contributed by atoms with E-state index >= 15 is 0 Å². The molecule has 0 aliphatic heterocycles. The summed E-state index contributed by atoms with van der Waals surface area (Å²) in [6, 6.07) is 9.01. The summed E-state index contributed by atoms with van der Waals surface area (Å²) < 4.78 is 10.3. The first-order valence-electron chi connectivity index (χ1n) is 9.56. The maximum Gasteiger partial charge on any atom is 0.412 e. The van der Waals surface area contributed by atoms with Gasteiger partial charge in [0.25, 0.3) is 0 Å². The standard InChI is InChI=1S/C21H28N2O6/c1-21(2,3)29-20(27)22-16-11-9-15(10-12-16)17(18(24)25)23-19(26)28-13-14-7-5-4-6-8-14/h4-8,16H,9-13H2,1-3H3,(H,22,27)(H,23,26)(H,24,25). The van der Waals surface area contributed by atoms with E-state index in [1.165, 1.54) is 0 Å². The molecule has 1 aliphatic carbocycles. The molecule has 0 aromatic heterocycles. The number of rotatable bonds is 5. The van der Waals surface area contributed by atoms with Gasteiger partial charge >= 0.3 is 18.2 Å². The van der Waals surface area contributed by atoms with E-state index in [0.29, 0.717) is 31.3 Å². The van der Waals surface area contributed by atoms with Gasteiger partial charge in [0.05, 0.1) is 0 Å². The molecule has 8 heteroatoms. The average molecular weight is 404 g/mol. The van der Waals surface area contributed by atoms with E-state index < -0.39 is 23.8 Å². The molecule has 0 unspecified atom stereocenters. The lowest BCUT2D eigenvalue weighted by atomic mass is 9.89. The van der Waals surface area contributed by atoms with Crippen molar-refractivity contribution >= 4 is 18.2 Å². The fraction of sp³-hybridized carbons (Fsp3) is 0.476. The van der Waals surface area contributed by atoms with Crippen LogP contribution in [0.2, 0.25) is 0 Å². The largest absolute Gasteiger partial charge is 0.477 e. The highest BCUT2D eigenvalue weighted by atomic mass is 16.6. The number of amides is 2. The summed E-state index contributed by atoms with van der Waals surface area (Å²) >= 11 is 0. The van der Waals surface area contributed by atoms with E-state index in [-0.39, 0.29) is 18.3 Å². The minimum absolute atomic E-state index is 0.0524. The van der Waals surface area contributed by atoms with E-state index in [9.17, 15) is 19.5 Å². The second-order valence-electron chi connectivity index (χ2n) is 7.89. The van der Waals surface area contributed by atoms with Crippen LogP contribution >= 0.6 is 0 Å². The van der Waals surface area contributed by atoms with Gasteiger partial charge in [-0.2, -0.15) is 0 Å². The Bertz CT molecular complexity index is 757. The highest BCUT2D eigenvalue weighted by molar-refractivity contribution is 5.91. The molecule has 2 rings (SSSR count). The van der Waals surface area contributed by atoms with Gasteiger partial charge in [0.15, 0.2) is 0 Å². The van der Waals surface area contributed by atoms with E-state index in [1.807, 2.05) is 30.3 Å².